The van der Waals surface area contributed by atoms with Crippen molar-refractivity contribution in [2.45, 2.75) is 13.3 Å². The third-order valence-electron chi connectivity index (χ3n) is 3.21. The summed E-state index contributed by atoms with van der Waals surface area (Å²) in [5.41, 5.74) is 1.21. The SMILES string of the molecule is Cc1ccccc1OCC#CCNC(=O)c1ccc(OC(F)(F)F)cc1. The molecule has 0 aromatic heterocycles. The standard InChI is InChI=1S/C19H16F3NO3/c1-14-6-2-3-7-17(14)25-13-5-4-12-23-18(24)15-8-10-16(11-9-15)26-19(20,21)22/h2-3,6-11H,12-13H2,1H3,(H,23,24). The van der Waals surface area contributed by atoms with Crippen molar-refractivity contribution in [1.29, 1.82) is 0 Å². The fraction of sp³-hybridized carbons (Fsp3) is 0.211. The number of rotatable bonds is 5. The molecule has 1 amide bonds. The van der Waals surface area contributed by atoms with Crippen LogP contribution in [0.3, 0.4) is 0 Å². The Morgan fingerprint density at radius 3 is 2.42 bits per heavy atom. The molecule has 2 aromatic rings. The summed E-state index contributed by atoms with van der Waals surface area (Å²) in [5, 5.41) is 2.55. The maximum atomic E-state index is 12.1. The molecule has 2 aromatic carbocycles. The van der Waals surface area contributed by atoms with Gasteiger partial charge >= 0.3 is 6.36 Å². The van der Waals surface area contributed by atoms with E-state index in [0.29, 0.717) is 0 Å². The number of halogens is 3. The van der Waals surface area contributed by atoms with Gasteiger partial charge in [0.2, 0.25) is 0 Å². The molecule has 136 valence electrons. The minimum Gasteiger partial charge on any atom is -0.481 e. The topological polar surface area (TPSA) is 47.6 Å². The lowest BCUT2D eigenvalue weighted by Crippen LogP contribution is -2.23. The fourth-order valence-corrected chi connectivity index (χ4v) is 1.98. The second-order valence-corrected chi connectivity index (χ2v) is 5.16. The van der Waals surface area contributed by atoms with Crippen molar-refractivity contribution in [2.75, 3.05) is 13.2 Å². The normalized spacial score (nSPS) is 10.5. The Morgan fingerprint density at radius 2 is 1.77 bits per heavy atom. The molecule has 7 heteroatoms. The number of carbonyl (C=O) groups excluding carboxylic acids is 1. The third-order valence-corrected chi connectivity index (χ3v) is 3.21. The molecule has 26 heavy (non-hydrogen) atoms. The van der Waals surface area contributed by atoms with Gasteiger partial charge in [-0.15, -0.1) is 13.2 Å². The van der Waals surface area contributed by atoms with Gasteiger partial charge in [0.1, 0.15) is 18.1 Å². The molecular weight excluding hydrogens is 347 g/mol. The molecule has 0 radical (unpaired) electrons. The van der Waals surface area contributed by atoms with Crippen LogP contribution in [0.2, 0.25) is 0 Å². The van der Waals surface area contributed by atoms with Crippen LogP contribution in [0.1, 0.15) is 15.9 Å². The fourth-order valence-electron chi connectivity index (χ4n) is 1.98. The van der Waals surface area contributed by atoms with E-state index in [-0.39, 0.29) is 24.5 Å². The summed E-state index contributed by atoms with van der Waals surface area (Å²) in [6.07, 6.45) is -4.76. The predicted molar refractivity (Wildman–Crippen MR) is 89.9 cm³/mol. The molecule has 2 rings (SSSR count). The lowest BCUT2D eigenvalue weighted by atomic mass is 10.2. The van der Waals surface area contributed by atoms with E-state index < -0.39 is 12.3 Å². The summed E-state index contributed by atoms with van der Waals surface area (Å²) in [4.78, 5) is 11.9. The number of ether oxygens (including phenoxy) is 2. The van der Waals surface area contributed by atoms with Gasteiger partial charge in [0.05, 0.1) is 6.54 Å². The second kappa shape index (κ2) is 8.81. The summed E-state index contributed by atoms with van der Waals surface area (Å²) < 4.78 is 45.4. The van der Waals surface area contributed by atoms with E-state index in [1.807, 2.05) is 31.2 Å². The zero-order valence-corrected chi connectivity index (χ0v) is 13.9. The maximum absolute atomic E-state index is 12.1. The first-order chi connectivity index (χ1) is 12.3. The molecule has 0 spiro atoms. The number of nitrogens with one attached hydrogen (secondary N) is 1. The van der Waals surface area contributed by atoms with Gasteiger partial charge in [-0.1, -0.05) is 30.0 Å². The Hall–Kier alpha value is -3.14. The van der Waals surface area contributed by atoms with Gasteiger partial charge in [-0.05, 0) is 42.8 Å². The van der Waals surface area contributed by atoms with Gasteiger partial charge in [-0.3, -0.25) is 4.79 Å². The number of hydrogen-bond donors (Lipinski definition) is 1. The van der Waals surface area contributed by atoms with Crippen molar-refractivity contribution >= 4 is 5.91 Å². The lowest BCUT2D eigenvalue weighted by molar-refractivity contribution is -0.274. The monoisotopic (exact) mass is 363 g/mol. The van der Waals surface area contributed by atoms with Crippen molar-refractivity contribution in [2.24, 2.45) is 0 Å². The van der Waals surface area contributed by atoms with Crippen LogP contribution >= 0.6 is 0 Å². The number of para-hydroxylation sites is 1. The first-order valence-corrected chi connectivity index (χ1v) is 7.63. The van der Waals surface area contributed by atoms with Crippen LogP contribution in [0.5, 0.6) is 11.5 Å². The Bertz CT molecular complexity index is 805. The summed E-state index contributed by atoms with van der Waals surface area (Å²) in [6, 6.07) is 12.2. The highest BCUT2D eigenvalue weighted by atomic mass is 19.4. The number of aryl methyl sites for hydroxylation is 1. The van der Waals surface area contributed by atoms with Crippen molar-refractivity contribution in [3.63, 3.8) is 0 Å². The van der Waals surface area contributed by atoms with Crippen molar-refractivity contribution in [3.05, 3.63) is 59.7 Å². The number of hydrogen-bond acceptors (Lipinski definition) is 3. The number of benzene rings is 2. The van der Waals surface area contributed by atoms with Crippen LogP contribution in [0.4, 0.5) is 13.2 Å². The van der Waals surface area contributed by atoms with E-state index in [9.17, 15) is 18.0 Å². The molecule has 0 heterocycles. The smallest absolute Gasteiger partial charge is 0.481 e. The molecule has 0 saturated carbocycles. The zero-order chi connectivity index (χ0) is 19.0. The molecule has 1 N–H and O–H groups in total. The van der Waals surface area contributed by atoms with Crippen LogP contribution in [0.25, 0.3) is 0 Å². The number of alkyl halides is 3. The van der Waals surface area contributed by atoms with Gasteiger partial charge < -0.3 is 14.8 Å². The van der Waals surface area contributed by atoms with E-state index >= 15 is 0 Å². The highest BCUT2D eigenvalue weighted by molar-refractivity contribution is 5.94. The number of carbonyl (C=O) groups is 1. The molecule has 0 aliphatic carbocycles. The van der Waals surface area contributed by atoms with E-state index in [2.05, 4.69) is 21.9 Å². The van der Waals surface area contributed by atoms with E-state index in [1.54, 1.807) is 0 Å². The maximum Gasteiger partial charge on any atom is 0.573 e. The van der Waals surface area contributed by atoms with Gasteiger partial charge in [0.25, 0.3) is 5.91 Å². The van der Waals surface area contributed by atoms with Crippen LogP contribution < -0.4 is 14.8 Å². The second-order valence-electron chi connectivity index (χ2n) is 5.16. The molecule has 4 nitrogen and oxygen atoms in total. The molecular formula is C19H16F3NO3. The lowest BCUT2D eigenvalue weighted by Gasteiger charge is -2.09. The highest BCUT2D eigenvalue weighted by Crippen LogP contribution is 2.22. The van der Waals surface area contributed by atoms with Gasteiger partial charge in [-0.2, -0.15) is 0 Å². The largest absolute Gasteiger partial charge is 0.573 e. The Balaban J connectivity index is 1.76. The molecule has 0 bridgehead atoms. The highest BCUT2D eigenvalue weighted by Gasteiger charge is 2.31. The summed E-state index contributed by atoms with van der Waals surface area (Å²) in [7, 11) is 0. The first-order valence-electron chi connectivity index (χ1n) is 7.63. The molecule has 0 atom stereocenters. The predicted octanol–water partition coefficient (Wildman–Crippen LogP) is 3.71. The molecule has 0 aliphatic rings. The van der Waals surface area contributed by atoms with E-state index in [1.165, 1.54) is 12.1 Å². The minimum absolute atomic E-state index is 0.0940. The Labute approximate surface area is 148 Å². The molecule has 0 aliphatic heterocycles. The number of amides is 1. The van der Waals surface area contributed by atoms with Crippen molar-refractivity contribution in [3.8, 4) is 23.3 Å². The summed E-state index contributed by atoms with van der Waals surface area (Å²) in [6.45, 7) is 2.20. The van der Waals surface area contributed by atoms with Crippen LogP contribution in [0.15, 0.2) is 48.5 Å². The van der Waals surface area contributed by atoms with Crippen LogP contribution in [-0.4, -0.2) is 25.4 Å². The third kappa shape index (κ3) is 6.40. The van der Waals surface area contributed by atoms with E-state index in [0.717, 1.165) is 23.4 Å². The molecule has 0 fully saturated rings. The average molecular weight is 363 g/mol. The zero-order valence-electron chi connectivity index (χ0n) is 13.9. The minimum atomic E-state index is -4.76. The summed E-state index contributed by atoms with van der Waals surface area (Å²) >= 11 is 0. The quantitative estimate of drug-likeness (QED) is 0.824. The van der Waals surface area contributed by atoms with Crippen molar-refractivity contribution < 1.29 is 27.4 Å². The molecule has 0 saturated heterocycles. The Kier molecular flexibility index (Phi) is 6.50. The van der Waals surface area contributed by atoms with Crippen molar-refractivity contribution in [1.82, 2.24) is 5.32 Å². The summed E-state index contributed by atoms with van der Waals surface area (Å²) in [5.74, 6) is 5.42. The van der Waals surface area contributed by atoms with Gasteiger partial charge in [0.15, 0.2) is 0 Å². The van der Waals surface area contributed by atoms with Crippen LogP contribution in [0, 0.1) is 18.8 Å². The van der Waals surface area contributed by atoms with Gasteiger partial charge in [0, 0.05) is 5.56 Å². The first kappa shape index (κ1) is 19.2. The van der Waals surface area contributed by atoms with Gasteiger partial charge in [-0.25, -0.2) is 0 Å². The Morgan fingerprint density at radius 1 is 1.08 bits per heavy atom. The molecule has 0 unspecified atom stereocenters. The average Bonchev–Trinajstić information content (AvgIpc) is 2.58. The van der Waals surface area contributed by atoms with Crippen LogP contribution in [-0.2, 0) is 0 Å². The van der Waals surface area contributed by atoms with E-state index in [4.69, 9.17) is 4.74 Å².